The van der Waals surface area contributed by atoms with Gasteiger partial charge < -0.3 is 10.1 Å². The monoisotopic (exact) mass is 369 g/mol. The third-order valence-electron chi connectivity index (χ3n) is 3.37. The minimum Gasteiger partial charge on any atom is -0.496 e. The standard InChI is InChI=1S/C18H15ClF3NO2/c1-25-16-5-3-2-4-13(16)11-23-17(24)9-7-12-6-8-15(19)14(10-12)18(20,21)22/h2-10H,11H2,1H3,(H,23,24)/b9-7+. The van der Waals surface area contributed by atoms with Gasteiger partial charge >= 0.3 is 6.18 Å². The molecule has 0 aliphatic rings. The molecule has 0 radical (unpaired) electrons. The van der Waals surface area contributed by atoms with E-state index in [2.05, 4.69) is 5.32 Å². The lowest BCUT2D eigenvalue weighted by atomic mass is 10.1. The van der Waals surface area contributed by atoms with Crippen LogP contribution in [-0.4, -0.2) is 13.0 Å². The average molecular weight is 370 g/mol. The van der Waals surface area contributed by atoms with Gasteiger partial charge in [-0.15, -0.1) is 0 Å². The molecule has 132 valence electrons. The molecule has 0 fully saturated rings. The number of alkyl halides is 3. The van der Waals surface area contributed by atoms with Crippen molar-refractivity contribution in [2.24, 2.45) is 0 Å². The average Bonchev–Trinajstić information content (AvgIpc) is 2.58. The SMILES string of the molecule is COc1ccccc1CNC(=O)/C=C/c1ccc(Cl)c(C(F)(F)F)c1. The molecule has 0 aliphatic carbocycles. The minimum atomic E-state index is -4.55. The Hall–Kier alpha value is -2.47. The van der Waals surface area contributed by atoms with Crippen molar-refractivity contribution in [2.45, 2.75) is 12.7 Å². The highest BCUT2D eigenvalue weighted by molar-refractivity contribution is 6.31. The van der Waals surface area contributed by atoms with Gasteiger partial charge in [-0.2, -0.15) is 13.2 Å². The van der Waals surface area contributed by atoms with Gasteiger partial charge in [-0.1, -0.05) is 35.9 Å². The summed E-state index contributed by atoms with van der Waals surface area (Å²) >= 11 is 5.55. The molecule has 2 rings (SSSR count). The lowest BCUT2D eigenvalue weighted by Crippen LogP contribution is -2.20. The summed E-state index contributed by atoms with van der Waals surface area (Å²) in [6.07, 6.45) is -2.09. The van der Waals surface area contributed by atoms with Crippen molar-refractivity contribution in [3.05, 3.63) is 70.3 Å². The molecular weight excluding hydrogens is 355 g/mol. The summed E-state index contributed by atoms with van der Waals surface area (Å²) in [6, 6.07) is 10.6. The molecule has 2 aromatic rings. The van der Waals surface area contributed by atoms with Crippen molar-refractivity contribution in [3.8, 4) is 5.75 Å². The van der Waals surface area contributed by atoms with Crippen LogP contribution < -0.4 is 10.1 Å². The Morgan fingerprint density at radius 1 is 1.24 bits per heavy atom. The van der Waals surface area contributed by atoms with Gasteiger partial charge in [0.25, 0.3) is 0 Å². The van der Waals surface area contributed by atoms with Crippen molar-refractivity contribution in [3.63, 3.8) is 0 Å². The fourth-order valence-electron chi connectivity index (χ4n) is 2.13. The summed E-state index contributed by atoms with van der Waals surface area (Å²) in [4.78, 5) is 11.9. The summed E-state index contributed by atoms with van der Waals surface area (Å²) < 4.78 is 43.6. The smallest absolute Gasteiger partial charge is 0.417 e. The molecule has 0 bridgehead atoms. The molecule has 0 atom stereocenters. The van der Waals surface area contributed by atoms with Gasteiger partial charge in [0.1, 0.15) is 5.75 Å². The van der Waals surface area contributed by atoms with E-state index in [1.165, 1.54) is 25.3 Å². The minimum absolute atomic E-state index is 0.226. The van der Waals surface area contributed by atoms with Crippen molar-refractivity contribution in [1.82, 2.24) is 5.32 Å². The van der Waals surface area contributed by atoms with Gasteiger partial charge in [0.05, 0.1) is 17.7 Å². The summed E-state index contributed by atoms with van der Waals surface area (Å²) in [7, 11) is 1.53. The predicted molar refractivity (Wildman–Crippen MR) is 90.3 cm³/mol. The van der Waals surface area contributed by atoms with Crippen LogP contribution >= 0.6 is 11.6 Å². The molecular formula is C18H15ClF3NO2. The number of halogens is 4. The van der Waals surface area contributed by atoms with Gasteiger partial charge in [-0.05, 0) is 29.8 Å². The Balaban J connectivity index is 2.03. The van der Waals surface area contributed by atoms with Gasteiger partial charge in [-0.3, -0.25) is 4.79 Å². The molecule has 0 spiro atoms. The topological polar surface area (TPSA) is 38.3 Å². The molecule has 0 aromatic heterocycles. The number of amides is 1. The van der Waals surface area contributed by atoms with E-state index in [0.717, 1.165) is 17.7 Å². The summed E-state index contributed by atoms with van der Waals surface area (Å²) in [5, 5.41) is 2.26. The second kappa shape index (κ2) is 8.07. The van der Waals surface area contributed by atoms with E-state index in [1.54, 1.807) is 12.1 Å². The first kappa shape index (κ1) is 18.9. The first-order chi connectivity index (χ1) is 11.8. The maximum absolute atomic E-state index is 12.8. The van der Waals surface area contributed by atoms with E-state index < -0.39 is 17.6 Å². The van der Waals surface area contributed by atoms with E-state index in [1.807, 2.05) is 12.1 Å². The third kappa shape index (κ3) is 5.26. The van der Waals surface area contributed by atoms with E-state index in [4.69, 9.17) is 16.3 Å². The van der Waals surface area contributed by atoms with Crippen molar-refractivity contribution in [2.75, 3.05) is 7.11 Å². The summed E-state index contributed by atoms with van der Waals surface area (Å²) in [5.41, 5.74) is 0.0764. The second-order valence-electron chi connectivity index (χ2n) is 5.10. The van der Waals surface area contributed by atoms with Gasteiger partial charge in [-0.25, -0.2) is 0 Å². The Bertz CT molecular complexity index is 788. The Morgan fingerprint density at radius 3 is 2.64 bits per heavy atom. The van der Waals surface area contributed by atoms with Crippen LogP contribution in [0.3, 0.4) is 0 Å². The number of para-hydroxylation sites is 1. The van der Waals surface area contributed by atoms with Crippen LogP contribution in [0.25, 0.3) is 6.08 Å². The first-order valence-electron chi connectivity index (χ1n) is 7.26. The van der Waals surface area contributed by atoms with Gasteiger partial charge in [0.2, 0.25) is 5.91 Å². The van der Waals surface area contributed by atoms with Crippen LogP contribution in [0.15, 0.2) is 48.5 Å². The fraction of sp³-hybridized carbons (Fsp3) is 0.167. The van der Waals surface area contributed by atoms with Crippen LogP contribution in [0.5, 0.6) is 5.75 Å². The van der Waals surface area contributed by atoms with Crippen LogP contribution in [0.4, 0.5) is 13.2 Å². The quantitative estimate of drug-likeness (QED) is 0.776. The van der Waals surface area contributed by atoms with Crippen molar-refractivity contribution >= 4 is 23.6 Å². The highest BCUT2D eigenvalue weighted by atomic mass is 35.5. The van der Waals surface area contributed by atoms with E-state index in [9.17, 15) is 18.0 Å². The Labute approximate surface area is 148 Å². The number of hydrogen-bond donors (Lipinski definition) is 1. The predicted octanol–water partition coefficient (Wildman–Crippen LogP) is 4.70. The number of nitrogens with one attached hydrogen (secondary N) is 1. The number of rotatable bonds is 5. The van der Waals surface area contributed by atoms with Crippen LogP contribution in [0.1, 0.15) is 16.7 Å². The first-order valence-corrected chi connectivity index (χ1v) is 7.63. The lowest BCUT2D eigenvalue weighted by Gasteiger charge is -2.09. The molecule has 3 nitrogen and oxygen atoms in total. The maximum atomic E-state index is 12.8. The largest absolute Gasteiger partial charge is 0.496 e. The number of ether oxygens (including phenoxy) is 1. The number of carbonyl (C=O) groups is 1. The normalized spacial score (nSPS) is 11.6. The number of methoxy groups -OCH3 is 1. The molecule has 0 unspecified atom stereocenters. The zero-order chi connectivity index (χ0) is 18.4. The highest BCUT2D eigenvalue weighted by Crippen LogP contribution is 2.35. The molecule has 1 amide bonds. The molecule has 0 saturated heterocycles. The zero-order valence-electron chi connectivity index (χ0n) is 13.2. The van der Waals surface area contributed by atoms with E-state index >= 15 is 0 Å². The van der Waals surface area contributed by atoms with E-state index in [-0.39, 0.29) is 17.1 Å². The summed E-state index contributed by atoms with van der Waals surface area (Å²) in [6.45, 7) is 0.238. The van der Waals surface area contributed by atoms with Crippen LogP contribution in [-0.2, 0) is 17.5 Å². The molecule has 0 aliphatic heterocycles. The zero-order valence-corrected chi connectivity index (χ0v) is 14.0. The Kier molecular flexibility index (Phi) is 6.09. The van der Waals surface area contributed by atoms with Crippen molar-refractivity contribution in [1.29, 1.82) is 0 Å². The lowest BCUT2D eigenvalue weighted by molar-refractivity contribution is -0.137. The molecule has 0 heterocycles. The van der Waals surface area contributed by atoms with Crippen LogP contribution in [0.2, 0.25) is 5.02 Å². The highest BCUT2D eigenvalue weighted by Gasteiger charge is 2.33. The van der Waals surface area contributed by atoms with Gasteiger partial charge in [0, 0.05) is 18.2 Å². The van der Waals surface area contributed by atoms with Gasteiger partial charge in [0.15, 0.2) is 0 Å². The Morgan fingerprint density at radius 2 is 1.96 bits per heavy atom. The molecule has 25 heavy (non-hydrogen) atoms. The molecule has 7 heteroatoms. The van der Waals surface area contributed by atoms with Crippen molar-refractivity contribution < 1.29 is 22.7 Å². The second-order valence-corrected chi connectivity index (χ2v) is 5.51. The maximum Gasteiger partial charge on any atom is 0.417 e. The number of hydrogen-bond acceptors (Lipinski definition) is 2. The fourth-order valence-corrected chi connectivity index (χ4v) is 2.35. The van der Waals surface area contributed by atoms with Crippen LogP contribution in [0, 0.1) is 0 Å². The molecule has 2 aromatic carbocycles. The number of carbonyl (C=O) groups excluding carboxylic acids is 1. The summed E-state index contributed by atoms with van der Waals surface area (Å²) in [5.74, 6) is 0.203. The molecule has 0 saturated carbocycles. The molecule has 1 N–H and O–H groups in total. The van der Waals surface area contributed by atoms with E-state index in [0.29, 0.717) is 5.75 Å². The third-order valence-corrected chi connectivity index (χ3v) is 3.70. The number of benzene rings is 2.